The van der Waals surface area contributed by atoms with Gasteiger partial charge in [0.1, 0.15) is 17.2 Å². The van der Waals surface area contributed by atoms with Gasteiger partial charge in [-0.3, -0.25) is 4.79 Å². The number of alkyl halides is 1. The van der Waals surface area contributed by atoms with Gasteiger partial charge in [0.2, 0.25) is 0 Å². The Morgan fingerprint density at radius 1 is 1.40 bits per heavy atom. The van der Waals surface area contributed by atoms with Crippen molar-refractivity contribution in [2.24, 2.45) is 0 Å². The van der Waals surface area contributed by atoms with E-state index in [0.717, 1.165) is 12.1 Å². The predicted octanol–water partition coefficient (Wildman–Crippen LogP) is 2.43. The molecule has 0 aromatic heterocycles. The molecule has 0 saturated heterocycles. The van der Waals surface area contributed by atoms with Crippen LogP contribution < -0.4 is 0 Å². The molecule has 2 nitrogen and oxygen atoms in total. The molecule has 5 heteroatoms. The molecule has 0 aliphatic heterocycles. The molecule has 0 heterocycles. The predicted molar refractivity (Wildman–Crippen MR) is 57.1 cm³/mol. The largest absolute Gasteiger partial charge is 0.341 e. The fraction of sp³-hybridized carbons (Fsp3) is 0.300. The quantitative estimate of drug-likeness (QED) is 0.778. The monoisotopic (exact) mass is 277 g/mol. The molecule has 0 N–H and O–H groups in total. The zero-order valence-corrected chi connectivity index (χ0v) is 9.72. The number of halogens is 3. The van der Waals surface area contributed by atoms with Gasteiger partial charge < -0.3 is 4.90 Å². The molecule has 0 fully saturated rings. The number of amides is 1. The molecule has 0 aliphatic rings. The van der Waals surface area contributed by atoms with E-state index < -0.39 is 23.1 Å². The molecule has 0 spiro atoms. The van der Waals surface area contributed by atoms with Crippen LogP contribution in [0.25, 0.3) is 0 Å². The molecule has 1 aromatic carbocycles. The van der Waals surface area contributed by atoms with E-state index in [9.17, 15) is 13.6 Å². The van der Waals surface area contributed by atoms with Crippen LogP contribution in [-0.2, 0) is 0 Å². The molecule has 1 amide bonds. The lowest BCUT2D eigenvalue weighted by molar-refractivity contribution is 0.0794. The lowest BCUT2D eigenvalue weighted by Crippen LogP contribution is -2.30. The molecule has 0 atom stereocenters. The Labute approximate surface area is 95.0 Å². The average molecular weight is 278 g/mol. The highest BCUT2D eigenvalue weighted by Crippen LogP contribution is 2.14. The fourth-order valence-electron chi connectivity index (χ4n) is 1.12. The van der Waals surface area contributed by atoms with Crippen LogP contribution in [0, 0.1) is 11.6 Å². The summed E-state index contributed by atoms with van der Waals surface area (Å²) in [5.41, 5.74) is -0.499. The van der Waals surface area contributed by atoms with Crippen molar-refractivity contribution in [2.45, 2.75) is 0 Å². The third-order valence-electron chi connectivity index (χ3n) is 1.94. The van der Waals surface area contributed by atoms with Crippen molar-refractivity contribution in [1.29, 1.82) is 0 Å². The lowest BCUT2D eigenvalue weighted by atomic mass is 10.1. The Hall–Kier alpha value is -0.970. The molecule has 0 bridgehead atoms. The Morgan fingerprint density at radius 2 is 1.93 bits per heavy atom. The first-order valence-corrected chi connectivity index (χ1v) is 5.45. The van der Waals surface area contributed by atoms with Crippen LogP contribution in [0.2, 0.25) is 0 Å². The second kappa shape index (κ2) is 5.21. The van der Waals surface area contributed by atoms with Crippen molar-refractivity contribution in [3.05, 3.63) is 35.4 Å². The van der Waals surface area contributed by atoms with E-state index in [1.54, 1.807) is 0 Å². The summed E-state index contributed by atoms with van der Waals surface area (Å²) in [6.45, 7) is 0.395. The third kappa shape index (κ3) is 2.75. The third-order valence-corrected chi connectivity index (χ3v) is 2.30. The summed E-state index contributed by atoms with van der Waals surface area (Å²) >= 11 is 3.15. The van der Waals surface area contributed by atoms with E-state index in [0.29, 0.717) is 11.9 Å². The summed E-state index contributed by atoms with van der Waals surface area (Å²) in [6.07, 6.45) is 0. The zero-order valence-electron chi connectivity index (χ0n) is 8.14. The van der Waals surface area contributed by atoms with Crippen molar-refractivity contribution in [1.82, 2.24) is 4.90 Å². The van der Waals surface area contributed by atoms with Gasteiger partial charge in [-0.15, -0.1) is 0 Å². The molecule has 0 aliphatic carbocycles. The van der Waals surface area contributed by atoms with E-state index in [1.165, 1.54) is 18.0 Å². The number of carbonyl (C=O) groups is 1. The SMILES string of the molecule is CN(CCBr)C(=O)c1c(F)cccc1F. The highest BCUT2D eigenvalue weighted by atomic mass is 79.9. The van der Waals surface area contributed by atoms with Crippen molar-refractivity contribution in [3.8, 4) is 0 Å². The second-order valence-corrected chi connectivity index (χ2v) is 3.81. The molecule has 0 radical (unpaired) electrons. The minimum absolute atomic E-state index is 0.395. The van der Waals surface area contributed by atoms with Gasteiger partial charge in [-0.05, 0) is 12.1 Å². The topological polar surface area (TPSA) is 20.3 Å². The fourth-order valence-corrected chi connectivity index (χ4v) is 1.65. The van der Waals surface area contributed by atoms with Crippen LogP contribution >= 0.6 is 15.9 Å². The highest BCUT2D eigenvalue weighted by molar-refractivity contribution is 9.09. The van der Waals surface area contributed by atoms with Gasteiger partial charge in [-0.2, -0.15) is 0 Å². The number of hydrogen-bond acceptors (Lipinski definition) is 1. The standard InChI is InChI=1S/C10H10BrF2NO/c1-14(6-5-11)10(15)9-7(12)3-2-4-8(9)13/h2-4H,5-6H2,1H3. The van der Waals surface area contributed by atoms with Crippen LogP contribution in [0.15, 0.2) is 18.2 Å². The maximum absolute atomic E-state index is 13.2. The first kappa shape index (κ1) is 12.1. The average Bonchev–Trinajstić information content (AvgIpc) is 2.17. The van der Waals surface area contributed by atoms with Gasteiger partial charge in [0.05, 0.1) is 0 Å². The van der Waals surface area contributed by atoms with Gasteiger partial charge in [0.15, 0.2) is 0 Å². The Morgan fingerprint density at radius 3 is 2.40 bits per heavy atom. The summed E-state index contributed by atoms with van der Waals surface area (Å²) in [4.78, 5) is 12.9. The first-order valence-electron chi connectivity index (χ1n) is 4.33. The second-order valence-electron chi connectivity index (χ2n) is 3.01. The number of carbonyl (C=O) groups excluding carboxylic acids is 1. The van der Waals surface area contributed by atoms with Gasteiger partial charge in [-0.25, -0.2) is 8.78 Å². The number of nitrogens with zero attached hydrogens (tertiary/aromatic N) is 1. The van der Waals surface area contributed by atoms with Gasteiger partial charge >= 0.3 is 0 Å². The van der Waals surface area contributed by atoms with Crippen molar-refractivity contribution in [2.75, 3.05) is 18.9 Å². The summed E-state index contributed by atoms with van der Waals surface area (Å²) in [6, 6.07) is 3.36. The van der Waals surface area contributed by atoms with Gasteiger partial charge in [0.25, 0.3) is 5.91 Å². The Bertz CT molecular complexity index is 350. The molecular weight excluding hydrogens is 268 g/mol. The van der Waals surface area contributed by atoms with Crippen LogP contribution in [0.1, 0.15) is 10.4 Å². The Kier molecular flexibility index (Phi) is 4.20. The highest BCUT2D eigenvalue weighted by Gasteiger charge is 2.19. The van der Waals surface area contributed by atoms with E-state index in [4.69, 9.17) is 0 Å². The van der Waals surface area contributed by atoms with Crippen LogP contribution in [0.3, 0.4) is 0 Å². The summed E-state index contributed by atoms with van der Waals surface area (Å²) in [5, 5.41) is 0.561. The molecule has 1 rings (SSSR count). The number of benzene rings is 1. The number of hydrogen-bond donors (Lipinski definition) is 0. The van der Waals surface area contributed by atoms with Crippen molar-refractivity contribution >= 4 is 21.8 Å². The van der Waals surface area contributed by atoms with Gasteiger partial charge in [0, 0.05) is 18.9 Å². The van der Waals surface area contributed by atoms with E-state index in [1.807, 2.05) is 0 Å². The minimum Gasteiger partial charge on any atom is -0.341 e. The van der Waals surface area contributed by atoms with E-state index in [2.05, 4.69) is 15.9 Å². The summed E-state index contributed by atoms with van der Waals surface area (Å²) in [7, 11) is 1.50. The normalized spacial score (nSPS) is 10.1. The van der Waals surface area contributed by atoms with Crippen LogP contribution in [0.4, 0.5) is 8.78 Å². The minimum atomic E-state index is -0.832. The number of rotatable bonds is 3. The van der Waals surface area contributed by atoms with Crippen LogP contribution in [-0.4, -0.2) is 29.7 Å². The van der Waals surface area contributed by atoms with E-state index in [-0.39, 0.29) is 0 Å². The maximum Gasteiger partial charge on any atom is 0.259 e. The summed E-state index contributed by atoms with van der Waals surface area (Å²) in [5.74, 6) is -2.31. The smallest absolute Gasteiger partial charge is 0.259 e. The van der Waals surface area contributed by atoms with Crippen molar-refractivity contribution in [3.63, 3.8) is 0 Å². The molecule has 0 saturated carbocycles. The zero-order chi connectivity index (χ0) is 11.4. The lowest BCUT2D eigenvalue weighted by Gasteiger charge is -2.16. The summed E-state index contributed by atoms with van der Waals surface area (Å²) < 4.78 is 26.4. The Balaban J connectivity index is 3.00. The molecule has 1 aromatic rings. The van der Waals surface area contributed by atoms with Crippen molar-refractivity contribution < 1.29 is 13.6 Å². The van der Waals surface area contributed by atoms with Gasteiger partial charge in [-0.1, -0.05) is 22.0 Å². The molecule has 82 valence electrons. The van der Waals surface area contributed by atoms with E-state index >= 15 is 0 Å². The molecule has 15 heavy (non-hydrogen) atoms. The molecular formula is C10H10BrF2NO. The maximum atomic E-state index is 13.2. The van der Waals surface area contributed by atoms with Crippen LogP contribution in [0.5, 0.6) is 0 Å². The molecule has 0 unspecified atom stereocenters. The first-order chi connectivity index (χ1) is 7.07.